The number of carbonyl (C=O) groups excluding carboxylic acids is 3. The monoisotopic (exact) mass is 634 g/mol. The van der Waals surface area contributed by atoms with Gasteiger partial charge in [0.2, 0.25) is 0 Å². The first-order valence-corrected chi connectivity index (χ1v) is 14.3. The van der Waals surface area contributed by atoms with Gasteiger partial charge in [0.05, 0.1) is 22.1 Å². The van der Waals surface area contributed by atoms with Crippen LogP contribution in [0, 0.1) is 0 Å². The van der Waals surface area contributed by atoms with Crippen molar-refractivity contribution >= 4 is 27.7 Å². The Balaban J connectivity index is 3.99. The Morgan fingerprint density at radius 2 is 1.07 bits per heavy atom. The lowest BCUT2D eigenvalue weighted by Crippen LogP contribution is -2.49. The van der Waals surface area contributed by atoms with E-state index in [4.69, 9.17) is 14.2 Å². The molecule has 0 aliphatic heterocycles. The van der Waals surface area contributed by atoms with Crippen LogP contribution >= 0.6 is 0 Å². The highest BCUT2D eigenvalue weighted by Crippen LogP contribution is 2.42. The van der Waals surface area contributed by atoms with Gasteiger partial charge in [-0.2, -0.15) is 26.3 Å². The molecule has 1 aromatic rings. The molecule has 0 bridgehead atoms. The molecule has 0 atom stereocenters. The lowest BCUT2D eigenvalue weighted by atomic mass is 9.96. The van der Waals surface area contributed by atoms with Gasteiger partial charge in [0, 0.05) is 12.8 Å². The van der Waals surface area contributed by atoms with Crippen LogP contribution in [0.2, 0.25) is 0 Å². The van der Waals surface area contributed by atoms with Gasteiger partial charge in [0.15, 0.2) is 14.6 Å². The molecule has 0 N–H and O–H groups in total. The molecule has 1 rings (SSSR count). The number of benzene rings is 1. The van der Waals surface area contributed by atoms with Crippen molar-refractivity contribution in [2.24, 2.45) is 0 Å². The number of alkyl halides is 6. The maximum atomic E-state index is 14.1. The molecule has 1 aromatic carbocycles. The highest BCUT2D eigenvalue weighted by Gasteiger charge is 2.54. The van der Waals surface area contributed by atoms with Gasteiger partial charge in [-0.25, -0.2) is 8.42 Å². The fourth-order valence-electron chi connectivity index (χ4n) is 3.73. The van der Waals surface area contributed by atoms with Gasteiger partial charge in [-0.3, -0.25) is 14.4 Å². The van der Waals surface area contributed by atoms with E-state index in [0.717, 1.165) is 0 Å². The summed E-state index contributed by atoms with van der Waals surface area (Å²) >= 11 is 0. The first kappa shape index (κ1) is 37.2. The van der Waals surface area contributed by atoms with Gasteiger partial charge >= 0.3 is 30.3 Å². The largest absolute Gasteiger partial charge is 0.462 e. The van der Waals surface area contributed by atoms with Crippen LogP contribution < -0.4 is 0 Å². The average molecular weight is 635 g/mol. The van der Waals surface area contributed by atoms with Gasteiger partial charge in [-0.05, 0) is 86.4 Å². The molecule has 0 saturated carbocycles. The third-order valence-corrected chi connectivity index (χ3v) is 7.87. The van der Waals surface area contributed by atoms with Crippen molar-refractivity contribution in [2.45, 2.75) is 120 Å². The Labute approximate surface area is 241 Å². The third-order valence-electron chi connectivity index (χ3n) is 5.41. The smallest absolute Gasteiger partial charge is 0.416 e. The van der Waals surface area contributed by atoms with E-state index in [1.54, 1.807) is 0 Å². The van der Waals surface area contributed by atoms with E-state index in [-0.39, 0.29) is 18.2 Å². The fourth-order valence-corrected chi connectivity index (χ4v) is 5.75. The van der Waals surface area contributed by atoms with Gasteiger partial charge in [-0.1, -0.05) is 0 Å². The number of hydrogen-bond donors (Lipinski definition) is 0. The summed E-state index contributed by atoms with van der Waals surface area (Å²) in [5.74, 6) is -3.61. The zero-order valence-corrected chi connectivity index (χ0v) is 25.4. The average Bonchev–Trinajstić information content (AvgIpc) is 2.74. The van der Waals surface area contributed by atoms with Crippen molar-refractivity contribution in [2.75, 3.05) is 0 Å². The number of hydrogen-bond acceptors (Lipinski definition) is 8. The van der Waals surface area contributed by atoms with Crippen molar-refractivity contribution < 1.29 is 63.4 Å². The van der Waals surface area contributed by atoms with Crippen molar-refractivity contribution in [1.29, 1.82) is 0 Å². The van der Waals surface area contributed by atoms with Gasteiger partial charge in [0.25, 0.3) is 0 Å². The van der Waals surface area contributed by atoms with Gasteiger partial charge in [-0.15, -0.1) is 0 Å². The molecule has 0 fully saturated rings. The predicted molar refractivity (Wildman–Crippen MR) is 138 cm³/mol. The van der Waals surface area contributed by atoms with Crippen LogP contribution in [0.5, 0.6) is 0 Å². The lowest BCUT2D eigenvalue weighted by molar-refractivity contribution is -0.156. The molecule has 0 unspecified atom stereocenters. The van der Waals surface area contributed by atoms with E-state index < -0.39 is 104 Å². The lowest BCUT2D eigenvalue weighted by Gasteiger charge is -2.33. The molecule has 0 amide bonds. The van der Waals surface area contributed by atoms with Crippen LogP contribution in [0.15, 0.2) is 23.1 Å². The molecule has 0 spiro atoms. The number of rotatable bonds is 10. The molecule has 0 aliphatic carbocycles. The van der Waals surface area contributed by atoms with Crippen LogP contribution in [0.25, 0.3) is 0 Å². The quantitative estimate of drug-likeness (QED) is 0.164. The van der Waals surface area contributed by atoms with E-state index in [9.17, 15) is 49.1 Å². The summed E-state index contributed by atoms with van der Waals surface area (Å²) in [6.45, 7) is 11.6. The van der Waals surface area contributed by atoms with Crippen LogP contribution in [0.4, 0.5) is 26.3 Å². The molecular formula is C27H36F6O8S. The summed E-state index contributed by atoms with van der Waals surface area (Å²) in [4.78, 5) is 37.1. The second kappa shape index (κ2) is 12.8. The zero-order chi connectivity index (χ0) is 33.1. The van der Waals surface area contributed by atoms with Crippen LogP contribution in [0.1, 0.15) is 92.2 Å². The van der Waals surface area contributed by atoms with Gasteiger partial charge in [0.1, 0.15) is 11.2 Å². The maximum Gasteiger partial charge on any atom is 0.416 e. The van der Waals surface area contributed by atoms with E-state index in [0.29, 0.717) is 0 Å². The SMILES string of the molecule is CC(C)OC(=O)C(CCC(=O)OC(C)(C)C)(CCC(=O)OC(C)(C)C)S(=O)(=O)c1cc(C(F)(F)F)cc(C(F)(F)F)c1. The summed E-state index contributed by atoms with van der Waals surface area (Å²) in [7, 11) is -5.54. The Bertz CT molecular complexity index is 1190. The third kappa shape index (κ3) is 10.5. The number of sulfone groups is 1. The standard InChI is InChI=1S/C27H36F6O8S/c1-16(2)39-22(36)25(11-9-20(34)40-23(3,4)5,12-10-21(35)41-24(6,7)8)42(37,38)19-14-17(26(28,29)30)13-18(15-19)27(31,32)33/h13-16H,9-12H2,1-8H3. The number of carbonyl (C=O) groups is 3. The topological polar surface area (TPSA) is 113 Å². The van der Waals surface area contributed by atoms with E-state index in [1.165, 1.54) is 55.4 Å². The molecule has 0 radical (unpaired) electrons. The molecule has 0 aliphatic rings. The molecule has 0 heterocycles. The van der Waals surface area contributed by atoms with Crippen molar-refractivity contribution in [3.05, 3.63) is 29.3 Å². The van der Waals surface area contributed by atoms with Crippen molar-refractivity contribution in [1.82, 2.24) is 0 Å². The Morgan fingerprint density at radius 3 is 1.36 bits per heavy atom. The van der Waals surface area contributed by atoms with Crippen LogP contribution in [0.3, 0.4) is 0 Å². The van der Waals surface area contributed by atoms with Crippen molar-refractivity contribution in [3.63, 3.8) is 0 Å². The maximum absolute atomic E-state index is 14.1. The molecule has 8 nitrogen and oxygen atoms in total. The number of halogens is 6. The van der Waals surface area contributed by atoms with E-state index in [2.05, 4.69) is 0 Å². The minimum absolute atomic E-state index is 0.0388. The second-order valence-corrected chi connectivity index (χ2v) is 14.1. The molecule has 15 heteroatoms. The zero-order valence-electron chi connectivity index (χ0n) is 24.6. The highest BCUT2D eigenvalue weighted by molar-refractivity contribution is 7.93. The predicted octanol–water partition coefficient (Wildman–Crippen LogP) is 6.43. The van der Waals surface area contributed by atoms with Crippen LogP contribution in [-0.2, 0) is 50.8 Å². The second-order valence-electron chi connectivity index (χ2n) is 11.9. The van der Waals surface area contributed by atoms with E-state index in [1.807, 2.05) is 0 Å². The molecule has 0 aromatic heterocycles. The first-order valence-electron chi connectivity index (χ1n) is 12.8. The van der Waals surface area contributed by atoms with Crippen molar-refractivity contribution in [3.8, 4) is 0 Å². The van der Waals surface area contributed by atoms with Crippen LogP contribution in [-0.4, -0.2) is 48.4 Å². The highest BCUT2D eigenvalue weighted by atomic mass is 32.2. The first-order chi connectivity index (χ1) is 18.6. The number of ether oxygens (including phenoxy) is 3. The molecule has 42 heavy (non-hydrogen) atoms. The number of esters is 3. The summed E-state index contributed by atoms with van der Waals surface area (Å²) in [5.41, 5.74) is -6.01. The Morgan fingerprint density at radius 1 is 0.714 bits per heavy atom. The summed E-state index contributed by atoms with van der Waals surface area (Å²) in [6.07, 6.45) is -15.4. The fraction of sp³-hybridized carbons (Fsp3) is 0.667. The normalized spacial score (nSPS) is 13.6. The summed E-state index contributed by atoms with van der Waals surface area (Å²) in [5, 5.41) is 0. The van der Waals surface area contributed by atoms with E-state index >= 15 is 0 Å². The minimum atomic E-state index is -5.54. The molecular weight excluding hydrogens is 598 g/mol. The Kier molecular flexibility index (Phi) is 11.3. The summed E-state index contributed by atoms with van der Waals surface area (Å²) in [6, 6.07) is -0.347. The molecule has 0 saturated heterocycles. The summed E-state index contributed by atoms with van der Waals surface area (Å²) < 4.78 is 122. The van der Waals surface area contributed by atoms with Gasteiger partial charge < -0.3 is 14.2 Å². The minimum Gasteiger partial charge on any atom is -0.462 e. The molecule has 240 valence electrons. The Hall–Kier alpha value is -2.84.